The van der Waals surface area contributed by atoms with Crippen LogP contribution in [-0.2, 0) is 10.0 Å². The van der Waals surface area contributed by atoms with E-state index in [1.54, 1.807) is 12.1 Å². The van der Waals surface area contributed by atoms with Crippen molar-refractivity contribution in [1.29, 1.82) is 0 Å². The van der Waals surface area contributed by atoms with Crippen molar-refractivity contribution in [2.45, 2.75) is 11.8 Å². The molecule has 7 heteroatoms. The van der Waals surface area contributed by atoms with E-state index in [9.17, 15) is 13.2 Å². The SMILES string of the molecule is Cc1ccc(S(=O)(=O)N(C)c2ncccc2C(=O)O)cc1. The maximum atomic E-state index is 12.5. The quantitative estimate of drug-likeness (QED) is 0.932. The number of benzene rings is 1. The third-order valence-corrected chi connectivity index (χ3v) is 4.76. The lowest BCUT2D eigenvalue weighted by Crippen LogP contribution is -2.29. The van der Waals surface area contributed by atoms with Gasteiger partial charge in [0.05, 0.1) is 4.90 Å². The van der Waals surface area contributed by atoms with Gasteiger partial charge in [-0.05, 0) is 31.2 Å². The summed E-state index contributed by atoms with van der Waals surface area (Å²) in [6, 6.07) is 9.06. The lowest BCUT2D eigenvalue weighted by molar-refractivity contribution is 0.0697. The predicted octanol–water partition coefficient (Wildman–Crippen LogP) is 1.91. The highest BCUT2D eigenvalue weighted by molar-refractivity contribution is 7.92. The second-order valence-electron chi connectivity index (χ2n) is 4.47. The number of aromatic carboxylic acids is 1. The first-order valence-electron chi connectivity index (χ1n) is 6.08. The minimum atomic E-state index is -3.86. The fraction of sp³-hybridized carbons (Fsp3) is 0.143. The van der Waals surface area contributed by atoms with Gasteiger partial charge in [0.1, 0.15) is 5.56 Å². The van der Waals surface area contributed by atoms with Crippen LogP contribution in [-0.4, -0.2) is 31.5 Å². The van der Waals surface area contributed by atoms with E-state index in [1.807, 2.05) is 6.92 Å². The van der Waals surface area contributed by atoms with Crippen LogP contribution >= 0.6 is 0 Å². The molecule has 0 unspecified atom stereocenters. The van der Waals surface area contributed by atoms with E-state index in [2.05, 4.69) is 4.98 Å². The average molecular weight is 306 g/mol. The van der Waals surface area contributed by atoms with Gasteiger partial charge < -0.3 is 5.11 Å². The Hall–Kier alpha value is -2.41. The van der Waals surface area contributed by atoms with E-state index in [4.69, 9.17) is 5.11 Å². The minimum Gasteiger partial charge on any atom is -0.478 e. The van der Waals surface area contributed by atoms with Crippen molar-refractivity contribution in [1.82, 2.24) is 4.98 Å². The van der Waals surface area contributed by atoms with E-state index < -0.39 is 16.0 Å². The molecule has 0 saturated heterocycles. The number of anilines is 1. The van der Waals surface area contributed by atoms with Crippen LogP contribution in [0.2, 0.25) is 0 Å². The molecule has 2 rings (SSSR count). The maximum absolute atomic E-state index is 12.5. The molecule has 0 bridgehead atoms. The summed E-state index contributed by atoms with van der Waals surface area (Å²) in [5.74, 6) is -1.35. The Morgan fingerprint density at radius 3 is 2.38 bits per heavy atom. The molecule has 110 valence electrons. The van der Waals surface area contributed by atoms with Crippen LogP contribution in [0, 0.1) is 6.92 Å². The van der Waals surface area contributed by atoms with E-state index in [0.717, 1.165) is 9.87 Å². The Bertz CT molecular complexity index is 770. The van der Waals surface area contributed by atoms with Gasteiger partial charge in [-0.1, -0.05) is 17.7 Å². The number of hydrogen-bond acceptors (Lipinski definition) is 4. The van der Waals surface area contributed by atoms with Crippen LogP contribution in [0.5, 0.6) is 0 Å². The first-order chi connectivity index (χ1) is 9.84. The lowest BCUT2D eigenvalue weighted by atomic mass is 10.2. The Kier molecular flexibility index (Phi) is 3.95. The number of sulfonamides is 1. The van der Waals surface area contributed by atoms with Gasteiger partial charge in [-0.15, -0.1) is 0 Å². The first-order valence-corrected chi connectivity index (χ1v) is 7.52. The number of pyridine rings is 1. The monoisotopic (exact) mass is 306 g/mol. The van der Waals surface area contributed by atoms with Crippen molar-refractivity contribution in [2.24, 2.45) is 0 Å². The van der Waals surface area contributed by atoms with Gasteiger partial charge in [-0.25, -0.2) is 18.2 Å². The van der Waals surface area contributed by atoms with E-state index >= 15 is 0 Å². The van der Waals surface area contributed by atoms with Crippen LogP contribution in [0.25, 0.3) is 0 Å². The molecule has 1 N–H and O–H groups in total. The molecular weight excluding hydrogens is 292 g/mol. The van der Waals surface area contributed by atoms with Crippen molar-refractivity contribution in [2.75, 3.05) is 11.4 Å². The highest BCUT2D eigenvalue weighted by Gasteiger charge is 2.25. The van der Waals surface area contributed by atoms with Gasteiger partial charge in [0.2, 0.25) is 0 Å². The minimum absolute atomic E-state index is 0.0811. The van der Waals surface area contributed by atoms with E-state index in [0.29, 0.717) is 0 Å². The summed E-state index contributed by atoms with van der Waals surface area (Å²) in [5.41, 5.74) is 0.761. The molecule has 0 aliphatic heterocycles. The Balaban J connectivity index is 2.51. The summed E-state index contributed by atoms with van der Waals surface area (Å²) in [7, 11) is -2.58. The van der Waals surface area contributed by atoms with Gasteiger partial charge in [-0.2, -0.15) is 0 Å². The second kappa shape index (κ2) is 5.53. The summed E-state index contributed by atoms with van der Waals surface area (Å²) >= 11 is 0. The number of aromatic nitrogens is 1. The standard InChI is InChI=1S/C14H14N2O4S/c1-10-5-7-11(8-6-10)21(19,20)16(2)13-12(14(17)18)4-3-9-15-13/h3-9H,1-2H3,(H,17,18). The molecule has 0 amide bonds. The number of nitrogens with zero attached hydrogens (tertiary/aromatic N) is 2. The third-order valence-electron chi connectivity index (χ3n) is 2.99. The van der Waals surface area contributed by atoms with Gasteiger partial charge >= 0.3 is 5.97 Å². The second-order valence-corrected chi connectivity index (χ2v) is 6.43. The predicted molar refractivity (Wildman–Crippen MR) is 78.0 cm³/mol. The Labute approximate surface area is 122 Å². The highest BCUT2D eigenvalue weighted by atomic mass is 32.2. The third kappa shape index (κ3) is 2.87. The topological polar surface area (TPSA) is 87.6 Å². The zero-order valence-electron chi connectivity index (χ0n) is 11.5. The molecular formula is C14H14N2O4S. The fourth-order valence-electron chi connectivity index (χ4n) is 1.80. The summed E-state index contributed by atoms with van der Waals surface area (Å²) in [5, 5.41) is 9.13. The number of carbonyl (C=O) groups is 1. The smallest absolute Gasteiger partial charge is 0.339 e. The van der Waals surface area contributed by atoms with Gasteiger partial charge in [-0.3, -0.25) is 4.31 Å². The van der Waals surface area contributed by atoms with Crippen LogP contribution in [0.3, 0.4) is 0 Å². The molecule has 0 aliphatic carbocycles. The normalized spacial score (nSPS) is 11.1. The Morgan fingerprint density at radius 2 is 1.81 bits per heavy atom. The molecule has 0 saturated carbocycles. The molecule has 2 aromatic rings. The van der Waals surface area contributed by atoms with Crippen LogP contribution in [0.4, 0.5) is 5.82 Å². The van der Waals surface area contributed by atoms with Crippen LogP contribution < -0.4 is 4.31 Å². The number of carboxylic acids is 1. The summed E-state index contributed by atoms with van der Waals surface area (Å²) in [6.07, 6.45) is 1.35. The summed E-state index contributed by atoms with van der Waals surface area (Å²) < 4.78 is 25.9. The largest absolute Gasteiger partial charge is 0.478 e. The summed E-state index contributed by atoms with van der Waals surface area (Å²) in [4.78, 5) is 15.1. The Morgan fingerprint density at radius 1 is 1.19 bits per heavy atom. The molecule has 0 radical (unpaired) electrons. The number of carboxylic acid groups (broad SMARTS) is 1. The maximum Gasteiger partial charge on any atom is 0.339 e. The molecule has 0 aliphatic rings. The average Bonchev–Trinajstić information content (AvgIpc) is 2.46. The van der Waals surface area contributed by atoms with Crippen molar-refractivity contribution < 1.29 is 18.3 Å². The molecule has 6 nitrogen and oxygen atoms in total. The fourth-order valence-corrected chi connectivity index (χ4v) is 2.97. The van der Waals surface area contributed by atoms with Crippen molar-refractivity contribution >= 4 is 21.8 Å². The molecule has 0 fully saturated rings. The van der Waals surface area contributed by atoms with E-state index in [1.165, 1.54) is 37.5 Å². The molecule has 0 spiro atoms. The molecule has 21 heavy (non-hydrogen) atoms. The van der Waals surface area contributed by atoms with Crippen LogP contribution in [0.1, 0.15) is 15.9 Å². The van der Waals surface area contributed by atoms with Crippen molar-refractivity contribution in [3.63, 3.8) is 0 Å². The van der Waals surface area contributed by atoms with Gasteiger partial charge in [0.15, 0.2) is 5.82 Å². The van der Waals surface area contributed by atoms with E-state index in [-0.39, 0.29) is 16.3 Å². The molecule has 1 heterocycles. The summed E-state index contributed by atoms with van der Waals surface area (Å²) in [6.45, 7) is 1.85. The zero-order valence-corrected chi connectivity index (χ0v) is 12.3. The lowest BCUT2D eigenvalue weighted by Gasteiger charge is -2.19. The van der Waals surface area contributed by atoms with Crippen LogP contribution in [0.15, 0.2) is 47.5 Å². The van der Waals surface area contributed by atoms with Gasteiger partial charge in [0, 0.05) is 13.2 Å². The number of hydrogen-bond donors (Lipinski definition) is 1. The zero-order chi connectivity index (χ0) is 15.6. The highest BCUT2D eigenvalue weighted by Crippen LogP contribution is 2.23. The molecule has 1 aromatic carbocycles. The molecule has 1 aromatic heterocycles. The first kappa shape index (κ1) is 15.0. The van der Waals surface area contributed by atoms with Gasteiger partial charge in [0.25, 0.3) is 10.0 Å². The number of aryl methyl sites for hydroxylation is 1. The molecule has 0 atom stereocenters. The van der Waals surface area contributed by atoms with Crippen molar-refractivity contribution in [3.8, 4) is 0 Å². The number of rotatable bonds is 4. The van der Waals surface area contributed by atoms with Crippen molar-refractivity contribution in [3.05, 3.63) is 53.7 Å².